The van der Waals surface area contributed by atoms with Crippen LogP contribution in [0.3, 0.4) is 0 Å². The molecule has 0 aliphatic rings. The van der Waals surface area contributed by atoms with Crippen molar-refractivity contribution >= 4 is 39.1 Å². The summed E-state index contributed by atoms with van der Waals surface area (Å²) in [6.07, 6.45) is 1.43. The normalized spacial score (nSPS) is 10.2. The van der Waals surface area contributed by atoms with E-state index in [4.69, 9.17) is 11.6 Å². The largest absolute Gasteiger partial charge is 0.322 e. The topological polar surface area (TPSA) is 42.0 Å². The van der Waals surface area contributed by atoms with Crippen molar-refractivity contribution in [2.45, 2.75) is 0 Å². The molecule has 1 N–H and O–H groups in total. The first kappa shape index (κ1) is 13.0. The third-order valence-corrected chi connectivity index (χ3v) is 3.02. The number of rotatable bonds is 2. The summed E-state index contributed by atoms with van der Waals surface area (Å²) in [5.74, 6) is -0.818. The molecule has 0 radical (unpaired) electrons. The number of anilines is 1. The summed E-state index contributed by atoms with van der Waals surface area (Å²) in [6, 6.07) is 7.30. The van der Waals surface area contributed by atoms with Crippen molar-refractivity contribution in [2.75, 3.05) is 5.32 Å². The van der Waals surface area contributed by atoms with E-state index >= 15 is 0 Å². The van der Waals surface area contributed by atoms with E-state index in [1.807, 2.05) is 0 Å². The number of carbonyl (C=O) groups excluding carboxylic acids is 1. The summed E-state index contributed by atoms with van der Waals surface area (Å²) in [6.45, 7) is 0. The number of carbonyl (C=O) groups is 1. The number of pyridine rings is 1. The standard InChI is InChI=1S/C12H7BrClFN2O/c13-9-2-1-8(6-10(9)15)17-12(18)7-3-4-16-11(14)5-7/h1-6H,(H,17,18). The zero-order valence-electron chi connectivity index (χ0n) is 8.95. The Morgan fingerprint density at radius 2 is 2.11 bits per heavy atom. The van der Waals surface area contributed by atoms with Crippen molar-refractivity contribution in [1.29, 1.82) is 0 Å². The molecule has 3 nitrogen and oxygen atoms in total. The van der Waals surface area contributed by atoms with Crippen molar-refractivity contribution in [3.05, 3.63) is 57.5 Å². The highest BCUT2D eigenvalue weighted by atomic mass is 79.9. The van der Waals surface area contributed by atoms with Gasteiger partial charge in [-0.15, -0.1) is 0 Å². The average Bonchev–Trinajstić information content (AvgIpc) is 2.34. The van der Waals surface area contributed by atoms with Gasteiger partial charge >= 0.3 is 0 Å². The van der Waals surface area contributed by atoms with Gasteiger partial charge in [0.15, 0.2) is 0 Å². The van der Waals surface area contributed by atoms with Crippen LogP contribution < -0.4 is 5.32 Å². The quantitative estimate of drug-likeness (QED) is 0.849. The fourth-order valence-corrected chi connectivity index (χ4v) is 1.74. The van der Waals surface area contributed by atoms with Gasteiger partial charge in [0.2, 0.25) is 0 Å². The summed E-state index contributed by atoms with van der Waals surface area (Å²) in [5, 5.41) is 2.79. The van der Waals surface area contributed by atoms with Gasteiger partial charge in [0.05, 0.1) is 4.47 Å². The number of amides is 1. The SMILES string of the molecule is O=C(Nc1ccc(Br)c(F)c1)c1ccnc(Cl)c1. The molecule has 0 fully saturated rings. The molecule has 2 aromatic rings. The number of hydrogen-bond donors (Lipinski definition) is 1. The lowest BCUT2D eigenvalue weighted by atomic mass is 10.2. The van der Waals surface area contributed by atoms with Crippen molar-refractivity contribution < 1.29 is 9.18 Å². The second kappa shape index (κ2) is 5.46. The fourth-order valence-electron chi connectivity index (χ4n) is 1.32. The molecule has 0 unspecified atom stereocenters. The first-order valence-electron chi connectivity index (χ1n) is 4.94. The molecule has 0 bridgehead atoms. The van der Waals surface area contributed by atoms with Crippen molar-refractivity contribution in [3.8, 4) is 0 Å². The highest BCUT2D eigenvalue weighted by molar-refractivity contribution is 9.10. The van der Waals surface area contributed by atoms with Gasteiger partial charge in [-0.05, 0) is 46.3 Å². The highest BCUT2D eigenvalue weighted by Gasteiger charge is 2.08. The van der Waals surface area contributed by atoms with Gasteiger partial charge in [0.25, 0.3) is 5.91 Å². The van der Waals surface area contributed by atoms with Gasteiger partial charge in [-0.1, -0.05) is 11.6 Å². The van der Waals surface area contributed by atoms with Gasteiger partial charge in [0.1, 0.15) is 11.0 Å². The molecule has 0 aliphatic heterocycles. The molecule has 92 valence electrons. The average molecular weight is 330 g/mol. The number of aromatic nitrogens is 1. The predicted octanol–water partition coefficient (Wildman–Crippen LogP) is 3.89. The van der Waals surface area contributed by atoms with Crippen molar-refractivity contribution in [1.82, 2.24) is 4.98 Å². The number of nitrogens with zero attached hydrogens (tertiary/aromatic N) is 1. The zero-order valence-corrected chi connectivity index (χ0v) is 11.3. The molecule has 1 heterocycles. The Morgan fingerprint density at radius 1 is 1.33 bits per heavy atom. The maximum Gasteiger partial charge on any atom is 0.255 e. The second-order valence-electron chi connectivity index (χ2n) is 3.45. The smallest absolute Gasteiger partial charge is 0.255 e. The van der Waals surface area contributed by atoms with E-state index in [1.54, 1.807) is 6.07 Å². The van der Waals surface area contributed by atoms with Gasteiger partial charge < -0.3 is 5.32 Å². The second-order valence-corrected chi connectivity index (χ2v) is 4.69. The van der Waals surface area contributed by atoms with E-state index in [0.717, 1.165) is 0 Å². The van der Waals surface area contributed by atoms with Crippen LogP contribution in [0.4, 0.5) is 10.1 Å². The van der Waals surface area contributed by atoms with E-state index in [9.17, 15) is 9.18 Å². The van der Waals surface area contributed by atoms with Crippen LogP contribution in [0.15, 0.2) is 41.0 Å². The Balaban J connectivity index is 2.18. The Hall–Kier alpha value is -1.46. The number of hydrogen-bond acceptors (Lipinski definition) is 2. The molecular weight excluding hydrogens is 322 g/mol. The lowest BCUT2D eigenvalue weighted by molar-refractivity contribution is 0.102. The van der Waals surface area contributed by atoms with E-state index in [2.05, 4.69) is 26.2 Å². The Labute approximate surface area is 116 Å². The fraction of sp³-hybridized carbons (Fsp3) is 0. The van der Waals surface area contributed by atoms with Gasteiger partial charge in [-0.25, -0.2) is 9.37 Å². The Morgan fingerprint density at radius 3 is 2.78 bits per heavy atom. The number of halogens is 3. The first-order chi connectivity index (χ1) is 8.56. The molecule has 6 heteroatoms. The van der Waals surface area contributed by atoms with Crippen LogP contribution in [0.2, 0.25) is 5.15 Å². The summed E-state index contributed by atoms with van der Waals surface area (Å²) in [4.78, 5) is 15.6. The van der Waals surface area contributed by atoms with E-state index in [-0.39, 0.29) is 11.1 Å². The zero-order chi connectivity index (χ0) is 13.1. The molecule has 0 saturated heterocycles. The molecular formula is C12H7BrClFN2O. The summed E-state index contributed by atoms with van der Waals surface area (Å²) in [5.41, 5.74) is 0.729. The maximum atomic E-state index is 13.3. The van der Waals surface area contributed by atoms with E-state index in [0.29, 0.717) is 15.7 Å². The molecule has 0 spiro atoms. The maximum absolute atomic E-state index is 13.3. The molecule has 0 saturated carbocycles. The summed E-state index contributed by atoms with van der Waals surface area (Å²) < 4.78 is 13.6. The van der Waals surface area contributed by atoms with Crippen LogP contribution >= 0.6 is 27.5 Å². The summed E-state index contributed by atoms with van der Waals surface area (Å²) in [7, 11) is 0. The van der Waals surface area contributed by atoms with E-state index in [1.165, 1.54) is 30.5 Å². The lowest BCUT2D eigenvalue weighted by Gasteiger charge is -2.06. The van der Waals surface area contributed by atoms with Crippen LogP contribution in [0.25, 0.3) is 0 Å². The Bertz CT molecular complexity index is 606. The predicted molar refractivity (Wildman–Crippen MR) is 71.3 cm³/mol. The Kier molecular flexibility index (Phi) is 3.93. The van der Waals surface area contributed by atoms with Crippen LogP contribution in [-0.4, -0.2) is 10.9 Å². The highest BCUT2D eigenvalue weighted by Crippen LogP contribution is 2.20. The van der Waals surface area contributed by atoms with Crippen LogP contribution in [0.5, 0.6) is 0 Å². The van der Waals surface area contributed by atoms with Crippen molar-refractivity contribution in [3.63, 3.8) is 0 Å². The van der Waals surface area contributed by atoms with Gasteiger partial charge in [-0.3, -0.25) is 4.79 Å². The molecule has 18 heavy (non-hydrogen) atoms. The number of nitrogens with one attached hydrogen (secondary N) is 1. The third-order valence-electron chi connectivity index (χ3n) is 2.17. The molecule has 1 aromatic heterocycles. The van der Waals surface area contributed by atoms with Crippen molar-refractivity contribution in [2.24, 2.45) is 0 Å². The molecule has 0 atom stereocenters. The monoisotopic (exact) mass is 328 g/mol. The first-order valence-corrected chi connectivity index (χ1v) is 6.11. The third kappa shape index (κ3) is 3.05. The minimum absolute atomic E-state index is 0.227. The molecule has 1 aromatic carbocycles. The molecule has 2 rings (SSSR count). The van der Waals surface area contributed by atoms with Crippen LogP contribution in [0, 0.1) is 5.82 Å². The van der Waals surface area contributed by atoms with Crippen LogP contribution in [0.1, 0.15) is 10.4 Å². The minimum Gasteiger partial charge on any atom is -0.322 e. The molecule has 1 amide bonds. The minimum atomic E-state index is -0.444. The van der Waals surface area contributed by atoms with E-state index < -0.39 is 5.82 Å². The van der Waals surface area contributed by atoms with Crippen LogP contribution in [-0.2, 0) is 0 Å². The summed E-state index contributed by atoms with van der Waals surface area (Å²) >= 11 is 8.72. The lowest BCUT2D eigenvalue weighted by Crippen LogP contribution is -2.12. The van der Waals surface area contributed by atoms with Gasteiger partial charge in [0, 0.05) is 17.4 Å². The van der Waals surface area contributed by atoms with Gasteiger partial charge in [-0.2, -0.15) is 0 Å². The molecule has 0 aliphatic carbocycles. The number of benzene rings is 1.